The topological polar surface area (TPSA) is 78.9 Å². The average Bonchev–Trinajstić information content (AvgIpc) is 3.30. The SMILES string of the molecule is CC\C=C/C=C\C=C/CCCCCCCCCC(=O)OC(COC(=O)CC/C=C\C/C=C\C/C=C\C/C=C\C/C=C\C/C=C\CC)COC(=O)CC/C=C\C/C=C\CCCCCCCC. The quantitative estimate of drug-likeness (QED) is 0.0199. The molecule has 0 aliphatic carbocycles. The summed E-state index contributed by atoms with van der Waals surface area (Å²) in [6.45, 7) is 6.23. The number of hydrogen-bond donors (Lipinski definition) is 0. The zero-order chi connectivity index (χ0) is 47.2. The summed E-state index contributed by atoms with van der Waals surface area (Å²) in [4.78, 5) is 37.9. The molecule has 0 N–H and O–H groups in total. The maximum Gasteiger partial charge on any atom is 0.306 e. The molecule has 0 bridgehead atoms. The molecule has 0 fully saturated rings. The summed E-state index contributed by atoms with van der Waals surface area (Å²) in [7, 11) is 0. The fourth-order valence-electron chi connectivity index (χ4n) is 6.40. The summed E-state index contributed by atoms with van der Waals surface area (Å²) in [5.41, 5.74) is 0. The molecule has 0 radical (unpaired) electrons. The van der Waals surface area contributed by atoms with Crippen LogP contribution < -0.4 is 0 Å². The van der Waals surface area contributed by atoms with Gasteiger partial charge in [-0.1, -0.05) is 219 Å². The number of esters is 3. The number of rotatable bonds is 44. The number of carbonyl (C=O) groups is 3. The largest absolute Gasteiger partial charge is 0.462 e. The van der Waals surface area contributed by atoms with E-state index < -0.39 is 6.10 Å². The van der Waals surface area contributed by atoms with E-state index >= 15 is 0 Å². The minimum absolute atomic E-state index is 0.142. The monoisotopic (exact) mass is 897 g/mol. The van der Waals surface area contributed by atoms with Crippen molar-refractivity contribution < 1.29 is 28.6 Å². The Labute approximate surface area is 398 Å². The van der Waals surface area contributed by atoms with Crippen molar-refractivity contribution in [3.05, 3.63) is 134 Å². The highest BCUT2D eigenvalue weighted by molar-refractivity contribution is 5.71. The Kier molecular flexibility index (Phi) is 48.6. The molecular weight excluding hydrogens is 805 g/mol. The first-order chi connectivity index (χ1) is 32.0. The van der Waals surface area contributed by atoms with Crippen molar-refractivity contribution in [2.75, 3.05) is 13.2 Å². The van der Waals surface area contributed by atoms with Crippen molar-refractivity contribution in [2.45, 2.75) is 207 Å². The lowest BCUT2D eigenvalue weighted by atomic mass is 10.1. The van der Waals surface area contributed by atoms with Gasteiger partial charge in [0.2, 0.25) is 0 Å². The molecule has 0 aliphatic rings. The first-order valence-corrected chi connectivity index (χ1v) is 25.7. The highest BCUT2D eigenvalue weighted by Gasteiger charge is 2.19. The Morgan fingerprint density at radius 2 is 0.708 bits per heavy atom. The van der Waals surface area contributed by atoms with Gasteiger partial charge < -0.3 is 14.2 Å². The Morgan fingerprint density at radius 1 is 0.338 bits per heavy atom. The first kappa shape index (κ1) is 60.5. The van der Waals surface area contributed by atoms with Gasteiger partial charge in [-0.3, -0.25) is 14.4 Å². The van der Waals surface area contributed by atoms with Crippen molar-refractivity contribution in [1.29, 1.82) is 0 Å². The minimum atomic E-state index is -0.842. The van der Waals surface area contributed by atoms with Crippen molar-refractivity contribution >= 4 is 17.9 Å². The van der Waals surface area contributed by atoms with E-state index in [-0.39, 0.29) is 50.4 Å². The van der Waals surface area contributed by atoms with E-state index in [1.807, 2.05) is 18.2 Å². The lowest BCUT2D eigenvalue weighted by Gasteiger charge is -2.18. The molecule has 0 aliphatic heterocycles. The van der Waals surface area contributed by atoms with Crippen LogP contribution in [0, 0.1) is 0 Å². The second kappa shape index (κ2) is 52.2. The van der Waals surface area contributed by atoms with Gasteiger partial charge in [-0.2, -0.15) is 0 Å². The molecule has 0 spiro atoms. The van der Waals surface area contributed by atoms with Crippen molar-refractivity contribution in [3.8, 4) is 0 Å². The van der Waals surface area contributed by atoms with Crippen molar-refractivity contribution in [1.82, 2.24) is 0 Å². The van der Waals surface area contributed by atoms with Crippen LogP contribution in [0.2, 0.25) is 0 Å². The third-order valence-electron chi connectivity index (χ3n) is 10.2. The number of unbranched alkanes of at least 4 members (excludes halogenated alkanes) is 13. The van der Waals surface area contributed by atoms with Gasteiger partial charge in [0.05, 0.1) is 0 Å². The van der Waals surface area contributed by atoms with Gasteiger partial charge in [-0.25, -0.2) is 0 Å². The van der Waals surface area contributed by atoms with Crippen LogP contribution in [0.15, 0.2) is 134 Å². The molecule has 1 atom stereocenters. The average molecular weight is 897 g/mol. The van der Waals surface area contributed by atoms with Crippen molar-refractivity contribution in [2.24, 2.45) is 0 Å². The maximum absolute atomic E-state index is 12.8. The molecule has 0 amide bonds. The Balaban J connectivity index is 4.60. The van der Waals surface area contributed by atoms with E-state index in [0.29, 0.717) is 12.8 Å². The van der Waals surface area contributed by atoms with Crippen LogP contribution in [0.25, 0.3) is 0 Å². The summed E-state index contributed by atoms with van der Waals surface area (Å²) in [6.07, 6.45) is 73.2. The third-order valence-corrected chi connectivity index (χ3v) is 10.2. The third kappa shape index (κ3) is 50.4. The molecule has 0 saturated heterocycles. The number of allylic oxidation sites excluding steroid dienone is 22. The second-order valence-corrected chi connectivity index (χ2v) is 16.4. The Bertz CT molecular complexity index is 1450. The molecule has 0 aromatic heterocycles. The van der Waals surface area contributed by atoms with E-state index in [1.54, 1.807) is 0 Å². The molecule has 6 nitrogen and oxygen atoms in total. The number of carbonyl (C=O) groups excluding carboxylic acids is 3. The zero-order valence-corrected chi connectivity index (χ0v) is 41.4. The lowest BCUT2D eigenvalue weighted by Crippen LogP contribution is -2.30. The molecule has 0 saturated carbocycles. The summed E-state index contributed by atoms with van der Waals surface area (Å²) >= 11 is 0. The fourth-order valence-corrected chi connectivity index (χ4v) is 6.40. The molecule has 0 aromatic rings. The molecule has 0 heterocycles. The van der Waals surface area contributed by atoms with Crippen LogP contribution >= 0.6 is 0 Å². The highest BCUT2D eigenvalue weighted by Crippen LogP contribution is 2.12. The van der Waals surface area contributed by atoms with Crippen LogP contribution in [-0.4, -0.2) is 37.2 Å². The fraction of sp³-hybridized carbons (Fsp3) is 0.576. The van der Waals surface area contributed by atoms with Gasteiger partial charge in [0.15, 0.2) is 6.10 Å². The van der Waals surface area contributed by atoms with Crippen LogP contribution in [0.5, 0.6) is 0 Å². The smallest absolute Gasteiger partial charge is 0.306 e. The molecule has 364 valence electrons. The molecule has 0 rings (SSSR count). The van der Waals surface area contributed by atoms with Gasteiger partial charge >= 0.3 is 17.9 Å². The van der Waals surface area contributed by atoms with Crippen LogP contribution in [0.4, 0.5) is 0 Å². The van der Waals surface area contributed by atoms with Gasteiger partial charge in [-0.05, 0) is 96.3 Å². The Hall–Kier alpha value is -4.45. The van der Waals surface area contributed by atoms with E-state index in [0.717, 1.165) is 89.9 Å². The second-order valence-electron chi connectivity index (χ2n) is 16.4. The van der Waals surface area contributed by atoms with E-state index in [4.69, 9.17) is 14.2 Å². The highest BCUT2D eigenvalue weighted by atomic mass is 16.6. The molecule has 6 heteroatoms. The predicted octanol–water partition coefficient (Wildman–Crippen LogP) is 17.1. The number of hydrogen-bond acceptors (Lipinski definition) is 6. The van der Waals surface area contributed by atoms with Gasteiger partial charge in [0, 0.05) is 19.3 Å². The summed E-state index contributed by atoms with van der Waals surface area (Å²) in [5.74, 6) is -1.11. The van der Waals surface area contributed by atoms with E-state index in [1.165, 1.54) is 57.8 Å². The zero-order valence-electron chi connectivity index (χ0n) is 41.4. The van der Waals surface area contributed by atoms with Gasteiger partial charge in [-0.15, -0.1) is 0 Å². The van der Waals surface area contributed by atoms with Gasteiger partial charge in [0.25, 0.3) is 0 Å². The summed E-state index contributed by atoms with van der Waals surface area (Å²) in [6, 6.07) is 0. The van der Waals surface area contributed by atoms with Crippen LogP contribution in [0.1, 0.15) is 201 Å². The first-order valence-electron chi connectivity index (χ1n) is 25.7. The van der Waals surface area contributed by atoms with E-state index in [9.17, 15) is 14.4 Å². The molecular formula is C59H92O6. The standard InChI is InChI=1S/C59H92O6/c1-4-7-10-13-16-19-22-25-27-28-29-30-32-34-37-40-43-46-49-52-58(61)64-55-56(54-63-57(60)51-48-45-42-39-36-33-24-21-18-15-12-9-6-3)65-59(62)53-50-47-44-41-38-35-31-26-23-20-17-14-11-8-5-2/h7-8,10-11,14,16-17,19-20,23,25,27,29-30,33-34,36-37,42-43,45-46,56H,4-6,9,12-13,15,18,21-22,24,26,28,31-32,35,38-41,44,47-55H2,1-3H3/b10-7-,11-8-,17-14-,19-16-,23-20-,27-25-,30-29-,36-33-,37-34-,45-42-,46-43-. The van der Waals surface area contributed by atoms with Crippen LogP contribution in [-0.2, 0) is 28.6 Å². The van der Waals surface area contributed by atoms with Gasteiger partial charge in [0.1, 0.15) is 13.2 Å². The predicted molar refractivity (Wildman–Crippen MR) is 279 cm³/mol. The summed E-state index contributed by atoms with van der Waals surface area (Å²) < 4.78 is 16.6. The normalized spacial score (nSPS) is 13.2. The molecule has 0 aromatic carbocycles. The minimum Gasteiger partial charge on any atom is -0.462 e. The molecule has 1 unspecified atom stereocenters. The van der Waals surface area contributed by atoms with Crippen LogP contribution in [0.3, 0.4) is 0 Å². The van der Waals surface area contributed by atoms with Crippen molar-refractivity contribution in [3.63, 3.8) is 0 Å². The Morgan fingerprint density at radius 3 is 1.17 bits per heavy atom. The number of ether oxygens (including phenoxy) is 3. The summed E-state index contributed by atoms with van der Waals surface area (Å²) in [5, 5.41) is 0. The molecule has 65 heavy (non-hydrogen) atoms. The van der Waals surface area contributed by atoms with E-state index in [2.05, 4.69) is 136 Å². The maximum atomic E-state index is 12.8. The lowest BCUT2D eigenvalue weighted by molar-refractivity contribution is -0.166.